The maximum Gasteiger partial charge on any atom is 0.261 e. The molecule has 164 valence electrons. The van der Waals surface area contributed by atoms with Crippen molar-refractivity contribution >= 4 is 16.8 Å². The SMILES string of the molecule is CCC(c1nc2ccccc2c(=O)n1CC)N(CC(C)C)C(=O)CCc1ccccc1. The molecule has 0 saturated heterocycles. The summed E-state index contributed by atoms with van der Waals surface area (Å²) in [7, 11) is 0. The summed E-state index contributed by atoms with van der Waals surface area (Å²) in [6.45, 7) is 9.41. The predicted octanol–water partition coefficient (Wildman–Crippen LogP) is 4.98. The number of carbonyl (C=O) groups excluding carboxylic acids is 1. The van der Waals surface area contributed by atoms with Gasteiger partial charge >= 0.3 is 0 Å². The topological polar surface area (TPSA) is 55.2 Å². The number of hydrogen-bond acceptors (Lipinski definition) is 3. The van der Waals surface area contributed by atoms with Gasteiger partial charge in [-0.25, -0.2) is 4.98 Å². The highest BCUT2D eigenvalue weighted by Gasteiger charge is 2.28. The molecule has 3 aromatic rings. The van der Waals surface area contributed by atoms with E-state index in [1.54, 1.807) is 4.57 Å². The van der Waals surface area contributed by atoms with E-state index in [1.807, 2.05) is 54.3 Å². The van der Waals surface area contributed by atoms with Gasteiger partial charge in [0.2, 0.25) is 5.91 Å². The predicted molar refractivity (Wildman–Crippen MR) is 126 cm³/mol. The summed E-state index contributed by atoms with van der Waals surface area (Å²) < 4.78 is 1.73. The Morgan fingerprint density at radius 2 is 1.71 bits per heavy atom. The van der Waals surface area contributed by atoms with Crippen LogP contribution < -0.4 is 5.56 Å². The molecule has 0 aliphatic rings. The second-order valence-electron chi connectivity index (χ2n) is 8.39. The molecule has 1 aromatic heterocycles. The quantitative estimate of drug-likeness (QED) is 0.491. The zero-order chi connectivity index (χ0) is 22.4. The van der Waals surface area contributed by atoms with Gasteiger partial charge in [-0.2, -0.15) is 0 Å². The molecule has 0 N–H and O–H groups in total. The van der Waals surface area contributed by atoms with Gasteiger partial charge in [0.15, 0.2) is 0 Å². The molecule has 1 heterocycles. The van der Waals surface area contributed by atoms with Crippen molar-refractivity contribution in [1.29, 1.82) is 0 Å². The molecular weight excluding hydrogens is 386 g/mol. The third kappa shape index (κ3) is 5.22. The molecule has 2 aromatic carbocycles. The van der Waals surface area contributed by atoms with Crippen LogP contribution in [0.15, 0.2) is 59.4 Å². The van der Waals surface area contributed by atoms with E-state index in [0.717, 1.165) is 5.56 Å². The van der Waals surface area contributed by atoms with Crippen LogP contribution in [0.4, 0.5) is 0 Å². The van der Waals surface area contributed by atoms with Gasteiger partial charge in [0, 0.05) is 19.5 Å². The summed E-state index contributed by atoms with van der Waals surface area (Å²) in [5.41, 5.74) is 1.80. The molecule has 5 nitrogen and oxygen atoms in total. The van der Waals surface area contributed by atoms with Crippen LogP contribution in [0.1, 0.15) is 58.0 Å². The van der Waals surface area contributed by atoms with Crippen LogP contribution in [-0.2, 0) is 17.8 Å². The molecule has 0 radical (unpaired) electrons. The van der Waals surface area contributed by atoms with E-state index < -0.39 is 0 Å². The standard InChI is InChI=1S/C26H33N3O2/c1-5-23(25-27-22-15-11-10-14-21(22)26(31)28(25)6-2)29(18-19(3)4)24(30)17-16-20-12-8-7-9-13-20/h7-15,19,23H,5-6,16-18H2,1-4H3. The highest BCUT2D eigenvalue weighted by molar-refractivity contribution is 5.78. The third-order valence-corrected chi connectivity index (χ3v) is 5.62. The molecule has 3 rings (SSSR count). The van der Waals surface area contributed by atoms with E-state index in [-0.39, 0.29) is 17.5 Å². The van der Waals surface area contributed by atoms with Gasteiger partial charge in [0.25, 0.3) is 5.56 Å². The van der Waals surface area contributed by atoms with Crippen molar-refractivity contribution in [1.82, 2.24) is 14.5 Å². The van der Waals surface area contributed by atoms with Crippen LogP contribution >= 0.6 is 0 Å². The first-order valence-corrected chi connectivity index (χ1v) is 11.3. The van der Waals surface area contributed by atoms with Crippen molar-refractivity contribution in [3.05, 3.63) is 76.3 Å². The van der Waals surface area contributed by atoms with Crippen molar-refractivity contribution in [2.75, 3.05) is 6.54 Å². The Morgan fingerprint density at radius 1 is 1.03 bits per heavy atom. The van der Waals surface area contributed by atoms with Crippen LogP contribution in [0.2, 0.25) is 0 Å². The van der Waals surface area contributed by atoms with Gasteiger partial charge in [0.1, 0.15) is 5.82 Å². The normalized spacial score (nSPS) is 12.3. The number of aromatic nitrogens is 2. The maximum atomic E-state index is 13.4. The highest BCUT2D eigenvalue weighted by atomic mass is 16.2. The number of nitrogens with zero attached hydrogens (tertiary/aromatic N) is 3. The molecule has 1 unspecified atom stereocenters. The minimum Gasteiger partial charge on any atom is -0.332 e. The molecule has 5 heteroatoms. The molecule has 31 heavy (non-hydrogen) atoms. The van der Waals surface area contributed by atoms with E-state index in [4.69, 9.17) is 4.98 Å². The zero-order valence-electron chi connectivity index (χ0n) is 19.0. The first-order chi connectivity index (χ1) is 15.0. The summed E-state index contributed by atoms with van der Waals surface area (Å²) >= 11 is 0. The Balaban J connectivity index is 1.99. The smallest absolute Gasteiger partial charge is 0.261 e. The van der Waals surface area contributed by atoms with E-state index in [0.29, 0.717) is 55.0 Å². The number of hydrogen-bond donors (Lipinski definition) is 0. The van der Waals surface area contributed by atoms with Crippen LogP contribution in [0, 0.1) is 5.92 Å². The third-order valence-electron chi connectivity index (χ3n) is 5.62. The highest BCUT2D eigenvalue weighted by Crippen LogP contribution is 2.26. The first-order valence-electron chi connectivity index (χ1n) is 11.3. The first kappa shape index (κ1) is 22.7. The number of benzene rings is 2. The molecular formula is C26H33N3O2. The molecule has 0 fully saturated rings. The van der Waals surface area contributed by atoms with E-state index in [2.05, 4.69) is 32.9 Å². The lowest BCUT2D eigenvalue weighted by Gasteiger charge is -2.33. The van der Waals surface area contributed by atoms with Crippen LogP contribution in [0.25, 0.3) is 10.9 Å². The molecule has 0 spiro atoms. The number of para-hydroxylation sites is 1. The summed E-state index contributed by atoms with van der Waals surface area (Å²) in [6, 6.07) is 17.3. The summed E-state index contributed by atoms with van der Waals surface area (Å²) in [6.07, 6.45) is 1.85. The number of fused-ring (bicyclic) bond motifs is 1. The van der Waals surface area contributed by atoms with Crippen LogP contribution in [-0.4, -0.2) is 26.9 Å². The van der Waals surface area contributed by atoms with Gasteiger partial charge < -0.3 is 4.90 Å². The van der Waals surface area contributed by atoms with Crippen molar-refractivity contribution in [3.8, 4) is 0 Å². The van der Waals surface area contributed by atoms with E-state index in [9.17, 15) is 9.59 Å². The van der Waals surface area contributed by atoms with Crippen LogP contribution in [0.5, 0.6) is 0 Å². The van der Waals surface area contributed by atoms with Gasteiger partial charge in [-0.05, 0) is 43.4 Å². The Hall–Kier alpha value is -2.95. The Kier molecular flexibility index (Phi) is 7.61. The lowest BCUT2D eigenvalue weighted by atomic mass is 10.0. The largest absolute Gasteiger partial charge is 0.332 e. The minimum atomic E-state index is -0.233. The summed E-state index contributed by atoms with van der Waals surface area (Å²) in [5, 5.41) is 0.619. The van der Waals surface area contributed by atoms with E-state index >= 15 is 0 Å². The number of carbonyl (C=O) groups is 1. The summed E-state index contributed by atoms with van der Waals surface area (Å²) in [4.78, 5) is 33.3. The fourth-order valence-corrected chi connectivity index (χ4v) is 4.12. The average Bonchev–Trinajstić information content (AvgIpc) is 2.78. The van der Waals surface area contributed by atoms with Crippen LogP contribution in [0.3, 0.4) is 0 Å². The van der Waals surface area contributed by atoms with E-state index in [1.165, 1.54) is 0 Å². The number of amides is 1. The van der Waals surface area contributed by atoms with Crippen molar-refractivity contribution < 1.29 is 4.79 Å². The molecule has 0 bridgehead atoms. The maximum absolute atomic E-state index is 13.4. The molecule has 0 saturated carbocycles. The molecule has 0 aliphatic heterocycles. The minimum absolute atomic E-state index is 0.0391. The summed E-state index contributed by atoms with van der Waals surface area (Å²) in [5.74, 6) is 1.11. The molecule has 1 amide bonds. The fraction of sp³-hybridized carbons (Fsp3) is 0.423. The van der Waals surface area contributed by atoms with Crippen molar-refractivity contribution in [3.63, 3.8) is 0 Å². The zero-order valence-corrected chi connectivity index (χ0v) is 19.0. The molecule has 0 aliphatic carbocycles. The fourth-order valence-electron chi connectivity index (χ4n) is 4.12. The van der Waals surface area contributed by atoms with Crippen molar-refractivity contribution in [2.45, 2.75) is 59.5 Å². The monoisotopic (exact) mass is 419 g/mol. The molecule has 1 atom stereocenters. The Bertz CT molecular complexity index is 1070. The Morgan fingerprint density at radius 3 is 2.35 bits per heavy atom. The number of rotatable bonds is 9. The lowest BCUT2D eigenvalue weighted by Crippen LogP contribution is -2.40. The lowest BCUT2D eigenvalue weighted by molar-refractivity contribution is -0.134. The second-order valence-corrected chi connectivity index (χ2v) is 8.39. The van der Waals surface area contributed by atoms with Gasteiger partial charge in [0.05, 0.1) is 16.9 Å². The van der Waals surface area contributed by atoms with Gasteiger partial charge in [-0.3, -0.25) is 14.2 Å². The Labute approximate surface area is 184 Å². The second kappa shape index (κ2) is 10.4. The van der Waals surface area contributed by atoms with Gasteiger partial charge in [-0.1, -0.05) is 63.2 Å². The van der Waals surface area contributed by atoms with Gasteiger partial charge in [-0.15, -0.1) is 0 Å². The van der Waals surface area contributed by atoms with Crippen molar-refractivity contribution in [2.24, 2.45) is 5.92 Å². The average molecular weight is 420 g/mol. The number of aryl methyl sites for hydroxylation is 1.